The lowest BCUT2D eigenvalue weighted by molar-refractivity contribution is -0.385. The predicted octanol–water partition coefficient (Wildman–Crippen LogP) is 2.12. The molecule has 0 radical (unpaired) electrons. The number of rotatable bonds is 5. The fraction of sp³-hybridized carbons (Fsp3) is 0.417. The van der Waals surface area contributed by atoms with E-state index in [0.717, 1.165) is 0 Å². The van der Waals surface area contributed by atoms with Crippen molar-refractivity contribution in [3.05, 3.63) is 37.8 Å². The van der Waals surface area contributed by atoms with Crippen LogP contribution in [0.25, 0.3) is 0 Å². The third kappa shape index (κ3) is 3.51. The van der Waals surface area contributed by atoms with Gasteiger partial charge in [0.15, 0.2) is 0 Å². The molecule has 0 fully saturated rings. The van der Waals surface area contributed by atoms with Crippen molar-refractivity contribution in [3.8, 4) is 0 Å². The van der Waals surface area contributed by atoms with Crippen LogP contribution in [-0.4, -0.2) is 40.5 Å². The van der Waals surface area contributed by atoms with Gasteiger partial charge < -0.3 is 10.0 Å². The number of benzene rings is 1. The molecule has 6 nitrogen and oxygen atoms in total. The van der Waals surface area contributed by atoms with Crippen molar-refractivity contribution in [3.63, 3.8) is 0 Å². The van der Waals surface area contributed by atoms with Gasteiger partial charge in [-0.3, -0.25) is 14.9 Å². The molecule has 19 heavy (non-hydrogen) atoms. The maximum absolute atomic E-state index is 12.2. The molecule has 104 valence electrons. The lowest BCUT2D eigenvalue weighted by Gasteiger charge is -2.19. The zero-order chi connectivity index (χ0) is 14.6. The third-order valence-corrected chi connectivity index (χ3v) is 3.62. The second-order valence-electron chi connectivity index (χ2n) is 3.97. The van der Waals surface area contributed by atoms with Crippen LogP contribution < -0.4 is 0 Å². The van der Waals surface area contributed by atoms with Gasteiger partial charge in [0.05, 0.1) is 11.5 Å². The van der Waals surface area contributed by atoms with Crippen molar-refractivity contribution in [2.45, 2.75) is 13.8 Å². The van der Waals surface area contributed by atoms with Crippen LogP contribution in [-0.2, 0) is 0 Å². The van der Waals surface area contributed by atoms with Crippen LogP contribution in [0.15, 0.2) is 16.6 Å². The van der Waals surface area contributed by atoms with Crippen LogP contribution >= 0.6 is 15.9 Å². The van der Waals surface area contributed by atoms with E-state index in [2.05, 4.69) is 15.9 Å². The minimum Gasteiger partial charge on any atom is -0.395 e. The molecule has 0 aliphatic carbocycles. The summed E-state index contributed by atoms with van der Waals surface area (Å²) in [5.74, 6) is -0.333. The molecule has 0 atom stereocenters. The van der Waals surface area contributed by atoms with Crippen LogP contribution in [0, 0.1) is 17.0 Å². The minimum atomic E-state index is -0.515. The summed E-state index contributed by atoms with van der Waals surface area (Å²) in [7, 11) is 0. The summed E-state index contributed by atoms with van der Waals surface area (Å²) >= 11 is 3.22. The number of nitro groups is 1. The van der Waals surface area contributed by atoms with Crippen molar-refractivity contribution in [2.24, 2.45) is 0 Å². The molecule has 1 aromatic rings. The summed E-state index contributed by atoms with van der Waals surface area (Å²) in [6.45, 7) is 3.88. The van der Waals surface area contributed by atoms with E-state index >= 15 is 0 Å². The van der Waals surface area contributed by atoms with Gasteiger partial charge >= 0.3 is 0 Å². The van der Waals surface area contributed by atoms with Gasteiger partial charge in [-0.05, 0) is 19.9 Å². The molecule has 0 bridgehead atoms. The van der Waals surface area contributed by atoms with Crippen molar-refractivity contribution >= 4 is 27.5 Å². The van der Waals surface area contributed by atoms with Crippen molar-refractivity contribution < 1.29 is 14.8 Å². The Morgan fingerprint density at radius 2 is 2.16 bits per heavy atom. The molecular weight excluding hydrogens is 316 g/mol. The molecule has 7 heteroatoms. The van der Waals surface area contributed by atoms with Crippen molar-refractivity contribution in [1.82, 2.24) is 4.90 Å². The van der Waals surface area contributed by atoms with E-state index in [4.69, 9.17) is 5.11 Å². The van der Waals surface area contributed by atoms with E-state index in [-0.39, 0.29) is 30.3 Å². The van der Waals surface area contributed by atoms with Gasteiger partial charge in [-0.2, -0.15) is 0 Å². The molecule has 0 aromatic heterocycles. The Bertz CT molecular complexity index is 505. The van der Waals surface area contributed by atoms with Crippen LogP contribution in [0.5, 0.6) is 0 Å². The second kappa shape index (κ2) is 6.63. The molecule has 1 rings (SSSR count). The number of aliphatic hydroxyl groups excluding tert-OH is 1. The Morgan fingerprint density at radius 3 is 2.63 bits per heavy atom. The standard InChI is InChI=1S/C12H15BrN2O4/c1-3-14(4-5-16)12(17)9-6-10(13)8(2)11(7-9)15(18)19/h6-7,16H,3-5H2,1-2H3. The van der Waals surface area contributed by atoms with Crippen molar-refractivity contribution in [1.29, 1.82) is 0 Å². The molecular formula is C12H15BrN2O4. The van der Waals surface area contributed by atoms with Crippen LogP contribution in [0.3, 0.4) is 0 Å². The molecule has 0 spiro atoms. The monoisotopic (exact) mass is 330 g/mol. The van der Waals surface area contributed by atoms with E-state index in [9.17, 15) is 14.9 Å². The number of halogens is 1. The van der Waals surface area contributed by atoms with Crippen LogP contribution in [0.2, 0.25) is 0 Å². The zero-order valence-electron chi connectivity index (χ0n) is 10.7. The van der Waals surface area contributed by atoms with Gasteiger partial charge in [0, 0.05) is 34.8 Å². The Morgan fingerprint density at radius 1 is 1.53 bits per heavy atom. The molecule has 0 saturated carbocycles. The SMILES string of the molecule is CCN(CCO)C(=O)c1cc(Br)c(C)c([N+](=O)[O-])c1. The number of carbonyl (C=O) groups is 1. The van der Waals surface area contributed by atoms with Gasteiger partial charge in [0.25, 0.3) is 11.6 Å². The minimum absolute atomic E-state index is 0.0993. The number of carbonyl (C=O) groups excluding carboxylic acids is 1. The number of amides is 1. The van der Waals surface area contributed by atoms with Gasteiger partial charge in [-0.1, -0.05) is 15.9 Å². The molecule has 1 aromatic carbocycles. The average Bonchev–Trinajstić information content (AvgIpc) is 2.37. The average molecular weight is 331 g/mol. The van der Waals surface area contributed by atoms with Gasteiger partial charge in [-0.25, -0.2) is 0 Å². The molecule has 0 saturated heterocycles. The molecule has 1 N–H and O–H groups in total. The molecule has 0 aliphatic rings. The fourth-order valence-corrected chi connectivity index (χ4v) is 2.13. The van der Waals surface area contributed by atoms with Gasteiger partial charge in [0.2, 0.25) is 0 Å². The Balaban J connectivity index is 3.20. The quantitative estimate of drug-likeness (QED) is 0.662. The predicted molar refractivity (Wildman–Crippen MR) is 74.2 cm³/mol. The first-order valence-corrected chi connectivity index (χ1v) is 6.56. The van der Waals surface area contributed by atoms with Crippen molar-refractivity contribution in [2.75, 3.05) is 19.7 Å². The summed E-state index contributed by atoms with van der Waals surface area (Å²) in [6, 6.07) is 2.83. The highest BCUT2D eigenvalue weighted by atomic mass is 79.9. The summed E-state index contributed by atoms with van der Waals surface area (Å²) in [5.41, 5.74) is 0.615. The first-order valence-electron chi connectivity index (χ1n) is 5.77. The van der Waals surface area contributed by atoms with E-state index in [1.165, 1.54) is 11.0 Å². The Hall–Kier alpha value is -1.47. The summed E-state index contributed by atoms with van der Waals surface area (Å²) < 4.78 is 0.519. The van der Waals surface area contributed by atoms with Crippen LogP contribution in [0.4, 0.5) is 5.69 Å². The van der Waals surface area contributed by atoms with E-state index in [1.807, 2.05) is 0 Å². The van der Waals surface area contributed by atoms with Crippen LogP contribution in [0.1, 0.15) is 22.8 Å². The lowest BCUT2D eigenvalue weighted by Crippen LogP contribution is -2.33. The smallest absolute Gasteiger partial charge is 0.274 e. The summed E-state index contributed by atoms with van der Waals surface area (Å²) in [5, 5.41) is 19.8. The third-order valence-electron chi connectivity index (χ3n) is 2.80. The highest BCUT2D eigenvalue weighted by Crippen LogP contribution is 2.28. The summed E-state index contributed by atoms with van der Waals surface area (Å²) in [6.07, 6.45) is 0. The van der Waals surface area contributed by atoms with Gasteiger partial charge in [-0.15, -0.1) is 0 Å². The number of aliphatic hydroxyl groups is 1. The molecule has 0 heterocycles. The van der Waals surface area contributed by atoms with E-state index in [0.29, 0.717) is 16.6 Å². The van der Waals surface area contributed by atoms with Gasteiger partial charge in [0.1, 0.15) is 0 Å². The number of hydrogen-bond acceptors (Lipinski definition) is 4. The first kappa shape index (κ1) is 15.6. The highest BCUT2D eigenvalue weighted by molar-refractivity contribution is 9.10. The number of nitro benzene ring substituents is 1. The zero-order valence-corrected chi connectivity index (χ0v) is 12.3. The topological polar surface area (TPSA) is 83.7 Å². The number of nitrogens with zero attached hydrogens (tertiary/aromatic N) is 2. The normalized spacial score (nSPS) is 10.3. The molecule has 0 aliphatic heterocycles. The number of likely N-dealkylation sites (N-methyl/N-ethyl adjacent to an activating group) is 1. The summed E-state index contributed by atoms with van der Waals surface area (Å²) in [4.78, 5) is 24.0. The second-order valence-corrected chi connectivity index (χ2v) is 4.82. The lowest BCUT2D eigenvalue weighted by atomic mass is 10.1. The van der Waals surface area contributed by atoms with E-state index in [1.54, 1.807) is 19.9 Å². The largest absolute Gasteiger partial charge is 0.395 e. The maximum Gasteiger partial charge on any atom is 0.274 e. The Kier molecular flexibility index (Phi) is 5.44. The maximum atomic E-state index is 12.2. The number of hydrogen-bond donors (Lipinski definition) is 1. The fourth-order valence-electron chi connectivity index (χ4n) is 1.68. The Labute approximate surface area is 119 Å². The van der Waals surface area contributed by atoms with E-state index < -0.39 is 4.92 Å². The first-order chi connectivity index (χ1) is 8.92. The highest BCUT2D eigenvalue weighted by Gasteiger charge is 2.21. The molecule has 1 amide bonds. The molecule has 0 unspecified atom stereocenters.